The van der Waals surface area contributed by atoms with E-state index >= 15 is 0 Å². The van der Waals surface area contributed by atoms with Crippen molar-refractivity contribution in [2.24, 2.45) is 11.7 Å². The molecule has 3 rings (SSSR count). The fourth-order valence-electron chi connectivity index (χ4n) is 4.13. The van der Waals surface area contributed by atoms with Gasteiger partial charge in [0.1, 0.15) is 17.4 Å². The molecule has 1 heterocycles. The molecule has 4 atom stereocenters. The summed E-state index contributed by atoms with van der Waals surface area (Å²) >= 11 is 6.08. The van der Waals surface area contributed by atoms with Crippen molar-refractivity contribution >= 4 is 47.6 Å². The summed E-state index contributed by atoms with van der Waals surface area (Å²) in [5.41, 5.74) is 5.99. The first kappa shape index (κ1) is 32.1. The Balaban J connectivity index is 0.00000533. The highest BCUT2D eigenvalue weighted by atomic mass is 35.5. The number of hydrogen-bond donors (Lipinski definition) is 3. The van der Waals surface area contributed by atoms with Crippen LogP contribution in [0.5, 0.6) is 5.75 Å². The van der Waals surface area contributed by atoms with Crippen LogP contribution in [0.4, 0.5) is 0 Å². The molecule has 0 saturated heterocycles. The Bertz CT molecular complexity index is 1250. The van der Waals surface area contributed by atoms with E-state index in [2.05, 4.69) is 10.6 Å². The van der Waals surface area contributed by atoms with Crippen LogP contribution in [0.15, 0.2) is 42.5 Å². The van der Waals surface area contributed by atoms with E-state index in [4.69, 9.17) is 26.8 Å². The number of carbonyl (C=O) groups is 4. The molecule has 0 aromatic heterocycles. The van der Waals surface area contributed by atoms with E-state index < -0.39 is 47.6 Å². The molecule has 0 unspecified atom stereocenters. The lowest BCUT2D eigenvalue weighted by Gasteiger charge is -2.44. The Hall–Kier alpha value is -3.14. The second-order valence-electron chi connectivity index (χ2n) is 10.3. The SMILES string of the molecule is CC(=O)c1ccc2c(c1)[C@H](NC(=O)c1cccc(Cl)c1)[C@@H](OC(=O)[C@H](C)NC(=O)[C@@H](N)C(C)C)C(C)(C)O2.Cl. The van der Waals surface area contributed by atoms with Crippen molar-refractivity contribution < 1.29 is 28.7 Å². The number of Topliss-reactive ketones (excluding diaryl/α,β-unsaturated/α-hetero) is 1. The predicted molar refractivity (Wildman–Crippen MR) is 150 cm³/mol. The van der Waals surface area contributed by atoms with E-state index in [0.29, 0.717) is 27.5 Å². The van der Waals surface area contributed by atoms with Gasteiger partial charge in [-0.15, -0.1) is 12.4 Å². The Morgan fingerprint density at radius 2 is 1.72 bits per heavy atom. The first-order valence-electron chi connectivity index (χ1n) is 12.4. The zero-order valence-electron chi connectivity index (χ0n) is 22.7. The van der Waals surface area contributed by atoms with Gasteiger partial charge in [-0.1, -0.05) is 31.5 Å². The summed E-state index contributed by atoms with van der Waals surface area (Å²) in [6, 6.07) is 8.63. The molecule has 0 radical (unpaired) electrons. The van der Waals surface area contributed by atoms with Crippen molar-refractivity contribution in [2.45, 2.75) is 71.4 Å². The predicted octanol–water partition coefficient (Wildman–Crippen LogP) is 4.01. The van der Waals surface area contributed by atoms with E-state index in [0.717, 1.165) is 0 Å². The van der Waals surface area contributed by atoms with E-state index in [1.807, 2.05) is 0 Å². The van der Waals surface area contributed by atoms with Gasteiger partial charge in [-0.05, 0) is 70.0 Å². The van der Waals surface area contributed by atoms with Crippen molar-refractivity contribution in [1.82, 2.24) is 10.6 Å². The van der Waals surface area contributed by atoms with E-state index in [1.54, 1.807) is 64.1 Å². The molecule has 0 spiro atoms. The first-order chi connectivity index (χ1) is 17.7. The standard InChI is InChI=1S/C28H34ClN3O6.ClH/c1-14(2)22(30)26(35)31-15(3)27(36)37-24-23(32-25(34)18-8-7-9-19(29)12-18)20-13-17(16(4)33)10-11-21(20)38-28(24,5)6;/h7-15,22-24H,30H2,1-6H3,(H,31,35)(H,32,34);1H/t15-,22-,23-,24+;/m0./s1. The molecule has 11 heteroatoms. The number of amides is 2. The number of nitrogens with two attached hydrogens (primary N) is 1. The maximum atomic E-state index is 13.3. The van der Waals surface area contributed by atoms with Gasteiger partial charge in [0.2, 0.25) is 5.91 Å². The van der Waals surface area contributed by atoms with Crippen molar-refractivity contribution in [1.29, 1.82) is 0 Å². The number of halogens is 2. The highest BCUT2D eigenvalue weighted by Gasteiger charge is 2.48. The maximum Gasteiger partial charge on any atom is 0.328 e. The van der Waals surface area contributed by atoms with Gasteiger partial charge >= 0.3 is 5.97 Å². The minimum Gasteiger partial charge on any atom is -0.484 e. The molecule has 4 N–H and O–H groups in total. The van der Waals surface area contributed by atoms with Crippen LogP contribution in [0.25, 0.3) is 0 Å². The number of ketones is 1. The largest absolute Gasteiger partial charge is 0.484 e. The Kier molecular flexibility index (Phi) is 10.5. The van der Waals surface area contributed by atoms with Gasteiger partial charge < -0.3 is 25.8 Å². The number of carbonyl (C=O) groups excluding carboxylic acids is 4. The molecule has 0 saturated carbocycles. The third-order valence-electron chi connectivity index (χ3n) is 6.46. The summed E-state index contributed by atoms with van der Waals surface area (Å²) in [4.78, 5) is 50.9. The monoisotopic (exact) mass is 579 g/mol. The summed E-state index contributed by atoms with van der Waals surface area (Å²) in [6.45, 7) is 9.97. The van der Waals surface area contributed by atoms with Crippen molar-refractivity contribution in [3.63, 3.8) is 0 Å². The van der Waals surface area contributed by atoms with Crippen molar-refractivity contribution in [2.75, 3.05) is 0 Å². The smallest absolute Gasteiger partial charge is 0.328 e. The van der Waals surface area contributed by atoms with Gasteiger partial charge in [-0.25, -0.2) is 4.79 Å². The second kappa shape index (κ2) is 12.8. The van der Waals surface area contributed by atoms with Crippen LogP contribution in [0.2, 0.25) is 5.02 Å². The highest BCUT2D eigenvalue weighted by molar-refractivity contribution is 6.31. The average Bonchev–Trinajstić information content (AvgIpc) is 2.84. The number of rotatable bonds is 8. The molecule has 2 aromatic rings. The summed E-state index contributed by atoms with van der Waals surface area (Å²) < 4.78 is 12.1. The molecule has 9 nitrogen and oxygen atoms in total. The fourth-order valence-corrected chi connectivity index (χ4v) is 4.32. The Morgan fingerprint density at radius 1 is 1.05 bits per heavy atom. The molecular formula is C28H35Cl2N3O6. The number of nitrogens with one attached hydrogen (secondary N) is 2. The highest BCUT2D eigenvalue weighted by Crippen LogP contribution is 2.42. The summed E-state index contributed by atoms with van der Waals surface area (Å²) in [5, 5.41) is 5.90. The summed E-state index contributed by atoms with van der Waals surface area (Å²) in [6.07, 6.45) is -1.02. The molecule has 2 aromatic carbocycles. The number of esters is 1. The molecule has 0 bridgehead atoms. The minimum atomic E-state index is -1.09. The zero-order valence-corrected chi connectivity index (χ0v) is 24.3. The molecule has 1 aliphatic heterocycles. The van der Waals surface area contributed by atoms with E-state index in [9.17, 15) is 19.2 Å². The van der Waals surface area contributed by atoms with E-state index in [-0.39, 0.29) is 24.1 Å². The average molecular weight is 581 g/mol. The topological polar surface area (TPSA) is 137 Å². The minimum absolute atomic E-state index is 0. The lowest BCUT2D eigenvalue weighted by atomic mass is 9.85. The molecular weight excluding hydrogens is 545 g/mol. The summed E-state index contributed by atoms with van der Waals surface area (Å²) in [7, 11) is 0. The van der Waals surface area contributed by atoms with Gasteiger partial charge in [0.25, 0.3) is 5.91 Å². The zero-order chi connectivity index (χ0) is 28.4. The van der Waals surface area contributed by atoms with Gasteiger partial charge in [0, 0.05) is 21.7 Å². The molecule has 212 valence electrons. The normalized spacial score (nSPS) is 18.9. The van der Waals surface area contributed by atoms with Crippen molar-refractivity contribution in [3.05, 3.63) is 64.2 Å². The lowest BCUT2D eigenvalue weighted by molar-refractivity contribution is -0.168. The molecule has 2 amide bonds. The van der Waals surface area contributed by atoms with E-state index in [1.165, 1.54) is 19.9 Å². The number of ether oxygens (including phenoxy) is 2. The summed E-state index contributed by atoms with van der Waals surface area (Å²) in [5.74, 6) is -1.53. The van der Waals surface area contributed by atoms with Crippen LogP contribution in [0.1, 0.15) is 73.9 Å². The van der Waals surface area contributed by atoms with Crippen LogP contribution >= 0.6 is 24.0 Å². The Morgan fingerprint density at radius 3 is 2.31 bits per heavy atom. The molecule has 1 aliphatic rings. The number of benzene rings is 2. The number of fused-ring (bicyclic) bond motifs is 1. The Labute approximate surface area is 239 Å². The van der Waals surface area contributed by atoms with Gasteiger partial charge in [0.15, 0.2) is 11.9 Å². The number of hydrogen-bond acceptors (Lipinski definition) is 7. The van der Waals surface area contributed by atoms with Crippen LogP contribution < -0.4 is 21.1 Å². The van der Waals surface area contributed by atoms with Gasteiger partial charge in [-0.3, -0.25) is 14.4 Å². The molecule has 0 fully saturated rings. The quantitative estimate of drug-likeness (QED) is 0.317. The first-order valence-corrected chi connectivity index (χ1v) is 12.8. The lowest BCUT2D eigenvalue weighted by Crippen LogP contribution is -2.57. The van der Waals surface area contributed by atoms with Gasteiger partial charge in [0.05, 0.1) is 12.1 Å². The van der Waals surface area contributed by atoms with Crippen LogP contribution in [0, 0.1) is 5.92 Å². The molecule has 0 aliphatic carbocycles. The second-order valence-corrected chi connectivity index (χ2v) is 10.8. The third-order valence-corrected chi connectivity index (χ3v) is 6.70. The van der Waals surface area contributed by atoms with Crippen LogP contribution in [-0.4, -0.2) is 47.4 Å². The van der Waals surface area contributed by atoms with Crippen molar-refractivity contribution in [3.8, 4) is 5.75 Å². The molecule has 39 heavy (non-hydrogen) atoms. The fraction of sp³-hybridized carbons (Fsp3) is 0.429. The maximum absolute atomic E-state index is 13.3. The van der Waals surface area contributed by atoms with Crippen LogP contribution in [-0.2, 0) is 14.3 Å². The third kappa shape index (κ3) is 7.50. The van der Waals surface area contributed by atoms with Crippen LogP contribution in [0.3, 0.4) is 0 Å². The van der Waals surface area contributed by atoms with Gasteiger partial charge in [-0.2, -0.15) is 0 Å².